The minimum Gasteiger partial charge on any atom is -0.477 e. The molecule has 0 aliphatic heterocycles. The van der Waals surface area contributed by atoms with Crippen molar-refractivity contribution in [2.24, 2.45) is 0 Å². The van der Waals surface area contributed by atoms with Gasteiger partial charge in [0.05, 0.1) is 18.0 Å². The Labute approximate surface area is 112 Å². The van der Waals surface area contributed by atoms with Gasteiger partial charge in [0.15, 0.2) is 0 Å². The topological polar surface area (TPSA) is 66.8 Å². The van der Waals surface area contributed by atoms with Crippen molar-refractivity contribution in [2.45, 2.75) is 6.43 Å². The number of thiophene rings is 1. The molecule has 1 amide bonds. The van der Waals surface area contributed by atoms with Crippen LogP contribution in [0.1, 0.15) is 19.3 Å². The van der Waals surface area contributed by atoms with Gasteiger partial charge in [0.2, 0.25) is 0 Å². The van der Waals surface area contributed by atoms with Crippen LogP contribution in [0.25, 0.3) is 0 Å². The van der Waals surface area contributed by atoms with E-state index >= 15 is 0 Å². The molecule has 1 N–H and O–H groups in total. The standard InChI is InChI=1S/C11H13F2NO4S/c1-18-5-4-14(6-9(12)13)10(15)7-2-3-8(19-7)11(16)17/h2-3,9H,4-6H2,1H3,(H,16,17). The van der Waals surface area contributed by atoms with E-state index in [9.17, 15) is 18.4 Å². The second-order valence-corrected chi connectivity index (χ2v) is 4.69. The van der Waals surface area contributed by atoms with Crippen molar-refractivity contribution >= 4 is 23.2 Å². The van der Waals surface area contributed by atoms with E-state index in [2.05, 4.69) is 0 Å². The second kappa shape index (κ2) is 7.15. The lowest BCUT2D eigenvalue weighted by Crippen LogP contribution is -2.37. The van der Waals surface area contributed by atoms with Crippen molar-refractivity contribution in [2.75, 3.05) is 26.8 Å². The Morgan fingerprint density at radius 1 is 1.42 bits per heavy atom. The van der Waals surface area contributed by atoms with Crippen LogP contribution in [0.15, 0.2) is 12.1 Å². The van der Waals surface area contributed by atoms with E-state index in [-0.39, 0.29) is 22.9 Å². The zero-order valence-electron chi connectivity index (χ0n) is 10.1. The van der Waals surface area contributed by atoms with Crippen LogP contribution >= 0.6 is 11.3 Å². The number of carbonyl (C=O) groups excluding carboxylic acids is 1. The van der Waals surface area contributed by atoms with E-state index < -0.39 is 24.8 Å². The summed E-state index contributed by atoms with van der Waals surface area (Å²) in [6, 6.07) is 2.60. The highest BCUT2D eigenvalue weighted by molar-refractivity contribution is 7.15. The summed E-state index contributed by atoms with van der Waals surface area (Å²) in [6.45, 7) is -0.544. The number of nitrogens with zero attached hydrogens (tertiary/aromatic N) is 1. The molecule has 0 aliphatic rings. The Kier molecular flexibility index (Phi) is 5.84. The van der Waals surface area contributed by atoms with Gasteiger partial charge >= 0.3 is 5.97 Å². The first-order valence-corrected chi connectivity index (χ1v) is 6.16. The largest absolute Gasteiger partial charge is 0.477 e. The average molecular weight is 293 g/mol. The molecule has 0 aliphatic carbocycles. The van der Waals surface area contributed by atoms with Crippen LogP contribution < -0.4 is 0 Å². The average Bonchev–Trinajstić information content (AvgIpc) is 2.82. The molecule has 0 bridgehead atoms. The Balaban J connectivity index is 2.81. The highest BCUT2D eigenvalue weighted by Crippen LogP contribution is 2.19. The summed E-state index contributed by atoms with van der Waals surface area (Å²) in [6.07, 6.45) is -2.65. The number of hydrogen-bond donors (Lipinski definition) is 1. The molecule has 0 saturated heterocycles. The monoisotopic (exact) mass is 293 g/mol. The zero-order chi connectivity index (χ0) is 14.4. The number of aromatic carboxylic acids is 1. The van der Waals surface area contributed by atoms with E-state index in [1.807, 2.05) is 0 Å². The van der Waals surface area contributed by atoms with Gasteiger partial charge in [-0.25, -0.2) is 13.6 Å². The summed E-state index contributed by atoms with van der Waals surface area (Å²) in [4.78, 5) is 23.7. The maximum atomic E-state index is 12.4. The molecule has 0 unspecified atom stereocenters. The fourth-order valence-electron chi connectivity index (χ4n) is 1.37. The number of rotatable bonds is 7. The number of carboxylic acids is 1. The van der Waals surface area contributed by atoms with E-state index in [0.717, 1.165) is 16.2 Å². The molecule has 0 atom stereocenters. The molecule has 5 nitrogen and oxygen atoms in total. The predicted molar refractivity (Wildman–Crippen MR) is 65.1 cm³/mol. The van der Waals surface area contributed by atoms with Crippen LogP contribution in [0.5, 0.6) is 0 Å². The lowest BCUT2D eigenvalue weighted by Gasteiger charge is -2.21. The Bertz CT molecular complexity index is 450. The van der Waals surface area contributed by atoms with Gasteiger partial charge in [0, 0.05) is 13.7 Å². The fraction of sp³-hybridized carbons (Fsp3) is 0.455. The Hall–Kier alpha value is -1.54. The molecule has 0 saturated carbocycles. The SMILES string of the molecule is COCCN(CC(F)F)C(=O)c1ccc(C(=O)O)s1. The minimum atomic E-state index is -2.65. The lowest BCUT2D eigenvalue weighted by molar-refractivity contribution is 0.0482. The van der Waals surface area contributed by atoms with E-state index in [1.54, 1.807) is 0 Å². The van der Waals surface area contributed by atoms with E-state index in [4.69, 9.17) is 9.84 Å². The molecule has 1 aromatic rings. The molecule has 8 heteroatoms. The number of alkyl halides is 2. The summed E-state index contributed by atoms with van der Waals surface area (Å²) < 4.78 is 29.5. The second-order valence-electron chi connectivity index (χ2n) is 3.60. The molecule has 106 valence electrons. The van der Waals surface area contributed by atoms with Crippen LogP contribution in [0.3, 0.4) is 0 Å². The first-order chi connectivity index (χ1) is 8.95. The number of carboxylic acid groups (broad SMARTS) is 1. The lowest BCUT2D eigenvalue weighted by atomic mass is 10.3. The first kappa shape index (κ1) is 15.5. The van der Waals surface area contributed by atoms with Gasteiger partial charge in [0.25, 0.3) is 12.3 Å². The smallest absolute Gasteiger partial charge is 0.345 e. The van der Waals surface area contributed by atoms with Gasteiger partial charge < -0.3 is 14.7 Å². The highest BCUT2D eigenvalue weighted by atomic mass is 32.1. The minimum absolute atomic E-state index is 0.00733. The van der Waals surface area contributed by atoms with Crippen LogP contribution in [0.2, 0.25) is 0 Å². The molecule has 0 aromatic carbocycles. The molecule has 0 fully saturated rings. The molecular weight excluding hydrogens is 280 g/mol. The maximum Gasteiger partial charge on any atom is 0.345 e. The van der Waals surface area contributed by atoms with Gasteiger partial charge in [-0.15, -0.1) is 11.3 Å². The van der Waals surface area contributed by atoms with Gasteiger partial charge in [-0.3, -0.25) is 4.79 Å². The number of hydrogen-bond acceptors (Lipinski definition) is 4. The highest BCUT2D eigenvalue weighted by Gasteiger charge is 2.21. The predicted octanol–water partition coefficient (Wildman–Crippen LogP) is 1.80. The third-order valence-corrected chi connectivity index (χ3v) is 3.30. The number of methoxy groups -OCH3 is 1. The number of ether oxygens (including phenoxy) is 1. The van der Waals surface area contributed by atoms with Gasteiger partial charge in [-0.05, 0) is 12.1 Å². The Morgan fingerprint density at radius 3 is 2.53 bits per heavy atom. The number of amides is 1. The van der Waals surface area contributed by atoms with Gasteiger partial charge in [-0.1, -0.05) is 0 Å². The zero-order valence-corrected chi connectivity index (χ0v) is 11.0. The molecular formula is C11H13F2NO4S. The van der Waals surface area contributed by atoms with Crippen LogP contribution in [0.4, 0.5) is 8.78 Å². The van der Waals surface area contributed by atoms with E-state index in [1.165, 1.54) is 19.2 Å². The third-order valence-electron chi connectivity index (χ3n) is 2.24. The van der Waals surface area contributed by atoms with Gasteiger partial charge in [-0.2, -0.15) is 0 Å². The van der Waals surface area contributed by atoms with Crippen molar-refractivity contribution in [1.82, 2.24) is 4.90 Å². The number of carbonyl (C=O) groups is 2. The number of halogens is 2. The fourth-order valence-corrected chi connectivity index (χ4v) is 2.18. The van der Waals surface area contributed by atoms with E-state index in [0.29, 0.717) is 0 Å². The Morgan fingerprint density at radius 2 is 2.05 bits per heavy atom. The van der Waals surface area contributed by atoms with Crippen LogP contribution in [-0.4, -0.2) is 55.1 Å². The summed E-state index contributed by atoms with van der Waals surface area (Å²) in [5.41, 5.74) is 0. The van der Waals surface area contributed by atoms with Crippen molar-refractivity contribution in [3.05, 3.63) is 21.9 Å². The van der Waals surface area contributed by atoms with Crippen molar-refractivity contribution in [3.63, 3.8) is 0 Å². The molecule has 1 aromatic heterocycles. The maximum absolute atomic E-state index is 12.4. The molecule has 0 radical (unpaired) electrons. The normalized spacial score (nSPS) is 10.7. The summed E-state index contributed by atoms with van der Waals surface area (Å²) >= 11 is 0.761. The van der Waals surface area contributed by atoms with Gasteiger partial charge in [0.1, 0.15) is 4.88 Å². The molecule has 19 heavy (non-hydrogen) atoms. The molecule has 1 rings (SSSR count). The summed E-state index contributed by atoms with van der Waals surface area (Å²) in [5, 5.41) is 8.75. The van der Waals surface area contributed by atoms with Crippen molar-refractivity contribution in [3.8, 4) is 0 Å². The summed E-state index contributed by atoms with van der Waals surface area (Å²) in [5.74, 6) is -1.77. The van der Waals surface area contributed by atoms with Crippen molar-refractivity contribution < 1.29 is 28.2 Å². The molecule has 0 spiro atoms. The first-order valence-electron chi connectivity index (χ1n) is 5.35. The van der Waals surface area contributed by atoms with Crippen molar-refractivity contribution in [1.29, 1.82) is 0 Å². The van der Waals surface area contributed by atoms with Crippen LogP contribution in [-0.2, 0) is 4.74 Å². The summed E-state index contributed by atoms with van der Waals surface area (Å²) in [7, 11) is 1.40. The third kappa shape index (κ3) is 4.56. The van der Waals surface area contributed by atoms with Crippen LogP contribution in [0, 0.1) is 0 Å². The quantitative estimate of drug-likeness (QED) is 0.832. The molecule has 1 heterocycles.